The van der Waals surface area contributed by atoms with Gasteiger partial charge in [-0.3, -0.25) is 5.32 Å². The molecule has 0 rings (SSSR count). The zero-order chi connectivity index (χ0) is 16.1. The summed E-state index contributed by atoms with van der Waals surface area (Å²) in [6.45, 7) is 8.64. The van der Waals surface area contributed by atoms with Crippen LogP contribution in [0.3, 0.4) is 0 Å². The lowest BCUT2D eigenvalue weighted by Crippen LogP contribution is -2.45. The fourth-order valence-electron chi connectivity index (χ4n) is 2.90. The predicted octanol–water partition coefficient (Wildman–Crippen LogP) is 4.79. The van der Waals surface area contributed by atoms with Crippen molar-refractivity contribution in [1.29, 1.82) is 10.5 Å². The molecule has 0 aromatic heterocycles. The lowest BCUT2D eigenvalue weighted by Gasteiger charge is -2.28. The average molecular weight is 291 g/mol. The van der Waals surface area contributed by atoms with Crippen molar-refractivity contribution in [2.24, 2.45) is 11.8 Å². The van der Waals surface area contributed by atoms with Crippen LogP contribution in [0.25, 0.3) is 0 Å². The van der Waals surface area contributed by atoms with E-state index in [1.807, 2.05) is 0 Å². The Balaban J connectivity index is 4.72. The van der Waals surface area contributed by atoms with Crippen LogP contribution in [-0.4, -0.2) is 12.1 Å². The van der Waals surface area contributed by atoms with E-state index in [-0.39, 0.29) is 12.1 Å². The highest BCUT2D eigenvalue weighted by molar-refractivity contribution is 5.03. The molecule has 0 radical (unpaired) electrons. The van der Waals surface area contributed by atoms with E-state index in [0.29, 0.717) is 11.8 Å². The first-order valence-electron chi connectivity index (χ1n) is 8.73. The van der Waals surface area contributed by atoms with Crippen molar-refractivity contribution in [1.82, 2.24) is 5.32 Å². The summed E-state index contributed by atoms with van der Waals surface area (Å²) >= 11 is 0. The molecule has 0 heterocycles. The van der Waals surface area contributed by atoms with Crippen LogP contribution in [0, 0.1) is 34.5 Å². The first-order valence-corrected chi connectivity index (χ1v) is 8.73. The highest BCUT2D eigenvalue weighted by Crippen LogP contribution is 2.21. The molecule has 0 aliphatic carbocycles. The van der Waals surface area contributed by atoms with Crippen molar-refractivity contribution in [2.45, 2.75) is 91.1 Å². The molecule has 1 N–H and O–H groups in total. The number of nitriles is 2. The third-order valence-corrected chi connectivity index (χ3v) is 4.49. The van der Waals surface area contributed by atoms with Gasteiger partial charge in [0.05, 0.1) is 24.2 Å². The molecule has 0 aliphatic rings. The monoisotopic (exact) mass is 291 g/mol. The molecule has 0 aliphatic heterocycles. The molecule has 21 heavy (non-hydrogen) atoms. The molecule has 0 fully saturated rings. The number of hydrogen-bond acceptors (Lipinski definition) is 3. The second-order valence-electron chi connectivity index (χ2n) is 6.00. The van der Waals surface area contributed by atoms with Crippen molar-refractivity contribution in [2.75, 3.05) is 0 Å². The molecule has 4 unspecified atom stereocenters. The van der Waals surface area contributed by atoms with Crippen LogP contribution in [0.4, 0.5) is 0 Å². The highest BCUT2D eigenvalue weighted by atomic mass is 15.0. The Kier molecular flexibility index (Phi) is 12.0. The average Bonchev–Trinajstić information content (AvgIpc) is 2.52. The molecular weight excluding hydrogens is 258 g/mol. The molecule has 120 valence electrons. The predicted molar refractivity (Wildman–Crippen MR) is 88.5 cm³/mol. The highest BCUT2D eigenvalue weighted by Gasteiger charge is 2.26. The molecule has 3 nitrogen and oxygen atoms in total. The van der Waals surface area contributed by atoms with Gasteiger partial charge in [0, 0.05) is 0 Å². The van der Waals surface area contributed by atoms with Gasteiger partial charge >= 0.3 is 0 Å². The van der Waals surface area contributed by atoms with Gasteiger partial charge in [0.25, 0.3) is 0 Å². The number of rotatable bonds is 12. The molecule has 0 bridgehead atoms. The van der Waals surface area contributed by atoms with Gasteiger partial charge in [0.1, 0.15) is 0 Å². The van der Waals surface area contributed by atoms with E-state index in [1.54, 1.807) is 0 Å². The lowest BCUT2D eigenvalue weighted by atomic mass is 9.88. The zero-order valence-corrected chi connectivity index (χ0v) is 14.4. The Morgan fingerprint density at radius 3 is 1.38 bits per heavy atom. The number of hydrogen-bond donors (Lipinski definition) is 1. The van der Waals surface area contributed by atoms with E-state index in [4.69, 9.17) is 0 Å². The molecule has 4 atom stereocenters. The van der Waals surface area contributed by atoms with Crippen molar-refractivity contribution in [3.05, 3.63) is 0 Å². The molecule has 0 aromatic rings. The van der Waals surface area contributed by atoms with E-state index < -0.39 is 0 Å². The molecule has 0 saturated carbocycles. The summed E-state index contributed by atoms with van der Waals surface area (Å²) < 4.78 is 0. The van der Waals surface area contributed by atoms with Gasteiger partial charge in [-0.25, -0.2) is 0 Å². The minimum absolute atomic E-state index is 0.193. The van der Waals surface area contributed by atoms with Crippen LogP contribution < -0.4 is 5.32 Å². The summed E-state index contributed by atoms with van der Waals surface area (Å²) in [6, 6.07) is 4.41. The number of unbranched alkanes of at least 4 members (excludes halogenated alkanes) is 2. The Morgan fingerprint density at radius 2 is 1.14 bits per heavy atom. The minimum atomic E-state index is -0.193. The summed E-state index contributed by atoms with van der Waals surface area (Å²) in [5, 5.41) is 22.3. The zero-order valence-electron chi connectivity index (χ0n) is 14.4. The summed E-state index contributed by atoms with van der Waals surface area (Å²) in [5.41, 5.74) is 0. The van der Waals surface area contributed by atoms with Crippen molar-refractivity contribution in [3.8, 4) is 12.1 Å². The Labute approximate surface area is 131 Å². The van der Waals surface area contributed by atoms with E-state index in [1.165, 1.54) is 0 Å². The summed E-state index contributed by atoms with van der Waals surface area (Å²) in [6.07, 6.45) is 8.76. The van der Waals surface area contributed by atoms with Crippen LogP contribution in [0.15, 0.2) is 0 Å². The molecule has 0 spiro atoms. The van der Waals surface area contributed by atoms with E-state index in [0.717, 1.165) is 51.4 Å². The van der Waals surface area contributed by atoms with Crippen molar-refractivity contribution in [3.63, 3.8) is 0 Å². The van der Waals surface area contributed by atoms with Crippen LogP contribution >= 0.6 is 0 Å². The smallest absolute Gasteiger partial charge is 0.0991 e. The molecule has 0 amide bonds. The number of nitrogens with zero attached hydrogens (tertiary/aromatic N) is 2. The lowest BCUT2D eigenvalue weighted by molar-refractivity contribution is 0.299. The SMILES string of the molecule is CCCCC(CC)C(C#N)NC(C#N)C(CC)CCCC. The topological polar surface area (TPSA) is 59.6 Å². The maximum absolute atomic E-state index is 9.48. The first kappa shape index (κ1) is 19.9. The van der Waals surface area contributed by atoms with Crippen LogP contribution in [0.5, 0.6) is 0 Å². The van der Waals surface area contributed by atoms with Crippen LogP contribution in [-0.2, 0) is 0 Å². The van der Waals surface area contributed by atoms with Gasteiger partial charge in [-0.15, -0.1) is 0 Å². The molecule has 0 aromatic carbocycles. The molecule has 0 saturated heterocycles. The maximum Gasteiger partial charge on any atom is 0.0991 e. The van der Waals surface area contributed by atoms with Crippen LogP contribution in [0.2, 0.25) is 0 Å². The Morgan fingerprint density at radius 1 is 0.762 bits per heavy atom. The van der Waals surface area contributed by atoms with E-state index in [2.05, 4.69) is 45.2 Å². The van der Waals surface area contributed by atoms with E-state index in [9.17, 15) is 10.5 Å². The Bertz CT molecular complexity index is 294. The summed E-state index contributed by atoms with van der Waals surface area (Å²) in [7, 11) is 0. The van der Waals surface area contributed by atoms with Gasteiger partial charge in [-0.2, -0.15) is 10.5 Å². The summed E-state index contributed by atoms with van der Waals surface area (Å²) in [5.74, 6) is 0.712. The van der Waals surface area contributed by atoms with Crippen LogP contribution in [0.1, 0.15) is 79.1 Å². The summed E-state index contributed by atoms with van der Waals surface area (Å²) in [4.78, 5) is 0. The third-order valence-electron chi connectivity index (χ3n) is 4.49. The van der Waals surface area contributed by atoms with Gasteiger partial charge in [-0.1, -0.05) is 66.2 Å². The minimum Gasteiger partial charge on any atom is -0.286 e. The van der Waals surface area contributed by atoms with Gasteiger partial charge in [-0.05, 0) is 24.7 Å². The first-order chi connectivity index (χ1) is 10.2. The second kappa shape index (κ2) is 12.7. The number of nitrogens with one attached hydrogen (secondary N) is 1. The standard InChI is InChI=1S/C18H33N3/c1-5-9-11-15(7-3)17(13-19)21-18(14-20)16(8-4)12-10-6-2/h15-18,21H,5-12H2,1-4H3. The molecular formula is C18H33N3. The largest absolute Gasteiger partial charge is 0.286 e. The third kappa shape index (κ3) is 7.49. The van der Waals surface area contributed by atoms with Crippen molar-refractivity contribution >= 4 is 0 Å². The van der Waals surface area contributed by atoms with Gasteiger partial charge in [0.15, 0.2) is 0 Å². The fourth-order valence-corrected chi connectivity index (χ4v) is 2.90. The molecule has 3 heteroatoms. The maximum atomic E-state index is 9.48. The normalized spacial score (nSPS) is 16.5. The van der Waals surface area contributed by atoms with E-state index >= 15 is 0 Å². The van der Waals surface area contributed by atoms with Gasteiger partial charge in [0.2, 0.25) is 0 Å². The fraction of sp³-hybridized carbons (Fsp3) is 0.889. The second-order valence-corrected chi connectivity index (χ2v) is 6.00. The Hall–Kier alpha value is -1.06. The van der Waals surface area contributed by atoms with Crippen molar-refractivity contribution < 1.29 is 0 Å². The quantitative estimate of drug-likeness (QED) is 0.562. The van der Waals surface area contributed by atoms with Gasteiger partial charge < -0.3 is 0 Å².